The van der Waals surface area contributed by atoms with Crippen molar-refractivity contribution in [2.45, 2.75) is 9.79 Å². The maximum Gasteiger partial charge on any atom is 0.262 e. The van der Waals surface area contributed by atoms with Gasteiger partial charge in [-0.2, -0.15) is 0 Å². The van der Waals surface area contributed by atoms with Crippen molar-refractivity contribution in [3.8, 4) is 0 Å². The van der Waals surface area contributed by atoms with Crippen molar-refractivity contribution in [2.75, 3.05) is 12.4 Å². The van der Waals surface area contributed by atoms with Gasteiger partial charge < -0.3 is 0 Å². The van der Waals surface area contributed by atoms with E-state index in [1.54, 1.807) is 30.0 Å². The van der Waals surface area contributed by atoms with Gasteiger partial charge in [-0.05, 0) is 24.3 Å². The van der Waals surface area contributed by atoms with E-state index in [0.717, 1.165) is 4.90 Å². The normalized spacial score (nSPS) is 11.4. The summed E-state index contributed by atoms with van der Waals surface area (Å²) in [5, 5.41) is 0. The van der Waals surface area contributed by atoms with E-state index in [1.165, 1.54) is 12.1 Å². The first kappa shape index (κ1) is 15.1. The molecule has 0 fully saturated rings. The summed E-state index contributed by atoms with van der Waals surface area (Å²) in [5.41, 5.74) is 0. The number of benzene rings is 2. The van der Waals surface area contributed by atoms with Crippen LogP contribution in [0.3, 0.4) is 0 Å². The SMILES string of the molecule is O=S(=O)(NOCCSc1ccccc1)c1ccccc1. The van der Waals surface area contributed by atoms with Gasteiger partial charge in [0.1, 0.15) is 0 Å². The second-order valence-corrected chi connectivity index (χ2v) is 6.72. The Morgan fingerprint density at radius 1 is 0.950 bits per heavy atom. The predicted octanol–water partition coefficient (Wildman–Crippen LogP) is 2.69. The molecule has 0 aliphatic rings. The monoisotopic (exact) mass is 309 g/mol. The molecule has 0 radical (unpaired) electrons. The second-order valence-electron chi connectivity index (χ2n) is 3.91. The lowest BCUT2D eigenvalue weighted by Crippen LogP contribution is -2.25. The third-order valence-corrected chi connectivity index (χ3v) is 4.63. The lowest BCUT2D eigenvalue weighted by atomic mass is 10.4. The Kier molecular flexibility index (Phi) is 5.60. The zero-order valence-corrected chi connectivity index (χ0v) is 12.4. The van der Waals surface area contributed by atoms with Crippen molar-refractivity contribution in [1.29, 1.82) is 0 Å². The molecule has 106 valence electrons. The van der Waals surface area contributed by atoms with Crippen molar-refractivity contribution in [2.24, 2.45) is 0 Å². The highest BCUT2D eigenvalue weighted by molar-refractivity contribution is 7.99. The Morgan fingerprint density at radius 3 is 2.20 bits per heavy atom. The maximum absolute atomic E-state index is 11.8. The van der Waals surface area contributed by atoms with Gasteiger partial charge in [-0.3, -0.25) is 4.84 Å². The summed E-state index contributed by atoms with van der Waals surface area (Å²) in [6.45, 7) is 0.297. The molecule has 0 spiro atoms. The Labute approximate surface area is 123 Å². The minimum atomic E-state index is -3.59. The van der Waals surface area contributed by atoms with E-state index in [2.05, 4.69) is 4.89 Å². The Hall–Kier alpha value is -1.34. The summed E-state index contributed by atoms with van der Waals surface area (Å²) >= 11 is 1.61. The molecule has 0 aromatic heterocycles. The molecule has 20 heavy (non-hydrogen) atoms. The standard InChI is InChI=1S/C14H15NO3S2/c16-20(17,14-9-5-2-6-10-14)15-18-11-12-19-13-7-3-1-4-8-13/h1-10,15H,11-12H2. The Morgan fingerprint density at radius 2 is 1.55 bits per heavy atom. The van der Waals surface area contributed by atoms with Crippen molar-refractivity contribution >= 4 is 21.8 Å². The molecule has 2 aromatic rings. The van der Waals surface area contributed by atoms with Crippen molar-refractivity contribution in [1.82, 2.24) is 4.89 Å². The lowest BCUT2D eigenvalue weighted by Gasteiger charge is -2.07. The predicted molar refractivity (Wildman–Crippen MR) is 79.9 cm³/mol. The van der Waals surface area contributed by atoms with Gasteiger partial charge in [-0.15, -0.1) is 11.8 Å². The molecule has 0 aliphatic carbocycles. The third kappa shape index (κ3) is 4.64. The third-order valence-electron chi connectivity index (χ3n) is 2.42. The van der Waals surface area contributed by atoms with Crippen LogP contribution < -0.4 is 4.89 Å². The molecular weight excluding hydrogens is 294 g/mol. The molecule has 2 rings (SSSR count). The van der Waals surface area contributed by atoms with Crippen LogP contribution in [0, 0.1) is 0 Å². The molecule has 2 aromatic carbocycles. The highest BCUT2D eigenvalue weighted by Gasteiger charge is 2.12. The van der Waals surface area contributed by atoms with Crippen LogP contribution >= 0.6 is 11.8 Å². The summed E-state index contributed by atoms with van der Waals surface area (Å²) < 4.78 is 23.6. The van der Waals surface area contributed by atoms with E-state index in [4.69, 9.17) is 4.84 Å². The number of hydrogen-bond acceptors (Lipinski definition) is 4. The first-order valence-corrected chi connectivity index (χ1v) is 8.52. The number of thioether (sulfide) groups is 1. The van der Waals surface area contributed by atoms with E-state index < -0.39 is 10.0 Å². The summed E-state index contributed by atoms with van der Waals surface area (Å²) in [7, 11) is -3.59. The molecule has 4 nitrogen and oxygen atoms in total. The molecule has 6 heteroatoms. The number of rotatable bonds is 7. The van der Waals surface area contributed by atoms with Crippen molar-refractivity contribution in [3.05, 3.63) is 60.7 Å². The molecule has 1 N–H and O–H groups in total. The topological polar surface area (TPSA) is 55.4 Å². The van der Waals surface area contributed by atoms with Gasteiger partial charge in [0.15, 0.2) is 0 Å². The largest absolute Gasteiger partial charge is 0.286 e. The van der Waals surface area contributed by atoms with Crippen LogP contribution in [0.4, 0.5) is 0 Å². The lowest BCUT2D eigenvalue weighted by molar-refractivity contribution is 0.108. The Bertz CT molecular complexity index is 615. The average Bonchev–Trinajstić information content (AvgIpc) is 2.49. The first-order chi connectivity index (χ1) is 9.68. The summed E-state index contributed by atoms with van der Waals surface area (Å²) in [4.78, 5) is 8.45. The molecule has 0 atom stereocenters. The van der Waals surface area contributed by atoms with Crippen molar-refractivity contribution < 1.29 is 13.3 Å². The number of nitrogens with one attached hydrogen (secondary N) is 1. The molecular formula is C14H15NO3S2. The maximum atomic E-state index is 11.8. The highest BCUT2D eigenvalue weighted by Crippen LogP contribution is 2.16. The molecule has 0 unspecified atom stereocenters. The smallest absolute Gasteiger partial charge is 0.262 e. The van der Waals surface area contributed by atoms with Gasteiger partial charge in [0.2, 0.25) is 0 Å². The van der Waals surface area contributed by atoms with Crippen LogP contribution in [-0.2, 0) is 14.9 Å². The van der Waals surface area contributed by atoms with Crippen LogP contribution in [-0.4, -0.2) is 20.8 Å². The molecule has 0 saturated heterocycles. The number of hydrogen-bond donors (Lipinski definition) is 1. The second kappa shape index (κ2) is 7.44. The minimum Gasteiger partial charge on any atom is -0.286 e. The van der Waals surface area contributed by atoms with Gasteiger partial charge in [0.25, 0.3) is 10.0 Å². The van der Waals surface area contributed by atoms with Gasteiger partial charge in [-0.1, -0.05) is 41.3 Å². The fourth-order valence-corrected chi connectivity index (χ4v) is 3.09. The van der Waals surface area contributed by atoms with Gasteiger partial charge in [0, 0.05) is 10.6 Å². The average molecular weight is 309 g/mol. The molecule has 0 bridgehead atoms. The molecule has 0 saturated carbocycles. The van der Waals surface area contributed by atoms with E-state index in [9.17, 15) is 8.42 Å². The summed E-state index contributed by atoms with van der Waals surface area (Å²) in [6, 6.07) is 18.0. The summed E-state index contributed by atoms with van der Waals surface area (Å²) in [5.74, 6) is 0.668. The molecule has 0 amide bonds. The van der Waals surface area contributed by atoms with E-state index in [-0.39, 0.29) is 4.90 Å². The van der Waals surface area contributed by atoms with E-state index in [0.29, 0.717) is 12.4 Å². The number of sulfonamides is 1. The van der Waals surface area contributed by atoms with Gasteiger partial charge in [-0.25, -0.2) is 8.42 Å². The van der Waals surface area contributed by atoms with Crippen LogP contribution in [0.15, 0.2) is 70.5 Å². The van der Waals surface area contributed by atoms with Gasteiger partial charge >= 0.3 is 0 Å². The van der Waals surface area contributed by atoms with Crippen LogP contribution in [0.2, 0.25) is 0 Å². The molecule has 0 heterocycles. The minimum absolute atomic E-state index is 0.190. The Balaban J connectivity index is 1.74. The first-order valence-electron chi connectivity index (χ1n) is 6.05. The van der Waals surface area contributed by atoms with Gasteiger partial charge in [0.05, 0.1) is 11.5 Å². The van der Waals surface area contributed by atoms with Crippen molar-refractivity contribution in [3.63, 3.8) is 0 Å². The van der Waals surface area contributed by atoms with Crippen LogP contribution in [0.1, 0.15) is 0 Å². The fraction of sp³-hybridized carbons (Fsp3) is 0.143. The van der Waals surface area contributed by atoms with E-state index >= 15 is 0 Å². The zero-order chi connectivity index (χ0) is 14.3. The quantitative estimate of drug-likeness (QED) is 0.485. The van der Waals surface area contributed by atoms with Crippen LogP contribution in [0.5, 0.6) is 0 Å². The van der Waals surface area contributed by atoms with Crippen LogP contribution in [0.25, 0.3) is 0 Å². The summed E-state index contributed by atoms with van der Waals surface area (Å²) in [6.07, 6.45) is 0. The molecule has 0 aliphatic heterocycles. The fourth-order valence-electron chi connectivity index (χ4n) is 1.48. The highest BCUT2D eigenvalue weighted by atomic mass is 32.2. The zero-order valence-electron chi connectivity index (χ0n) is 10.7. The van der Waals surface area contributed by atoms with E-state index in [1.807, 2.05) is 30.3 Å².